The second-order valence-electron chi connectivity index (χ2n) is 2.25. The van der Waals surface area contributed by atoms with Crippen molar-refractivity contribution in [3.63, 3.8) is 0 Å². The Balaban J connectivity index is 0. The summed E-state index contributed by atoms with van der Waals surface area (Å²) in [7, 11) is -4.59. The molecule has 14 heavy (non-hydrogen) atoms. The summed E-state index contributed by atoms with van der Waals surface area (Å²) in [6.45, 7) is 0. The second kappa shape index (κ2) is 5.16. The van der Waals surface area contributed by atoms with Gasteiger partial charge in [0.2, 0.25) is 0 Å². The molecule has 1 unspecified atom stereocenters. The Hall–Kier alpha value is -0.0300. The zero-order valence-electron chi connectivity index (χ0n) is 7.17. The summed E-state index contributed by atoms with van der Waals surface area (Å²) in [5, 5.41) is 6.40. The van der Waals surface area contributed by atoms with Crippen LogP contribution in [-0.4, -0.2) is 75.3 Å². The molecule has 0 aromatic carbocycles. The van der Waals surface area contributed by atoms with E-state index in [4.69, 9.17) is 9.76 Å². The van der Waals surface area contributed by atoms with Gasteiger partial charge in [0, 0.05) is 29.6 Å². The van der Waals surface area contributed by atoms with Gasteiger partial charge in [0.15, 0.2) is 5.25 Å². The van der Waals surface area contributed by atoms with Gasteiger partial charge >= 0.3 is 0 Å². The van der Waals surface area contributed by atoms with Crippen molar-refractivity contribution in [1.29, 1.82) is 0 Å². The zero-order chi connectivity index (χ0) is 9.52. The fourth-order valence-electron chi connectivity index (χ4n) is 0.824. The van der Waals surface area contributed by atoms with Crippen molar-refractivity contribution in [2.45, 2.75) is 11.7 Å². The molecule has 10 heteroatoms. The summed E-state index contributed by atoms with van der Waals surface area (Å²) in [5.41, 5.74) is 0. The van der Waals surface area contributed by atoms with Gasteiger partial charge in [-0.15, -0.1) is 0 Å². The quantitative estimate of drug-likeness (QED) is 0.217. The number of hydroxylamine groups is 2. The number of imide groups is 1. The monoisotopic (exact) mass is 236 g/mol. The summed E-state index contributed by atoms with van der Waals surface area (Å²) in [6.07, 6.45) is -0.714. The Morgan fingerprint density at radius 1 is 1.36 bits per heavy atom. The van der Waals surface area contributed by atoms with Crippen LogP contribution in [0.15, 0.2) is 0 Å². The molecule has 2 amide bonds. The first-order chi connectivity index (χ1) is 5.34. The van der Waals surface area contributed by atoms with Crippen LogP contribution in [0, 0.1) is 0 Å². The Kier molecular flexibility index (Phi) is 6.05. The molecule has 1 heterocycles. The summed E-state index contributed by atoms with van der Waals surface area (Å²) >= 11 is 0. The number of rotatable bonds is 1. The molecule has 0 aliphatic carbocycles. The van der Waals surface area contributed by atoms with Crippen LogP contribution in [0.5, 0.6) is 0 Å². The first-order valence-electron chi connectivity index (χ1n) is 2.86. The third-order valence-corrected chi connectivity index (χ3v) is 2.53. The number of amides is 2. The predicted octanol–water partition coefficient (Wildman–Crippen LogP) is -2.81. The molecule has 0 saturated carbocycles. The van der Waals surface area contributed by atoms with E-state index in [1.807, 2.05) is 0 Å². The molecule has 0 bridgehead atoms. The topological polar surface area (TPSA) is 143 Å². The molecule has 1 saturated heterocycles. The van der Waals surface area contributed by atoms with E-state index < -0.39 is 33.6 Å². The average Bonchev–Trinajstić information content (AvgIpc) is 2.15. The normalized spacial score (nSPS) is 21.6. The van der Waals surface area contributed by atoms with Gasteiger partial charge in [0.25, 0.3) is 21.9 Å². The van der Waals surface area contributed by atoms with Crippen molar-refractivity contribution in [3.05, 3.63) is 0 Å². The third kappa shape index (κ3) is 2.98. The maximum absolute atomic E-state index is 10.7. The molecule has 77 valence electrons. The van der Waals surface area contributed by atoms with E-state index in [0.717, 1.165) is 0 Å². The zero-order valence-corrected chi connectivity index (χ0v) is 9.98. The minimum Gasteiger partial charge on any atom is -0.412 e. The van der Waals surface area contributed by atoms with Gasteiger partial charge in [-0.1, -0.05) is 0 Å². The second-order valence-corrected chi connectivity index (χ2v) is 3.85. The first-order valence-corrected chi connectivity index (χ1v) is 4.36. The summed E-state index contributed by atoms with van der Waals surface area (Å²) in [4.78, 5) is 21.2. The van der Waals surface area contributed by atoms with Crippen LogP contribution in [0.3, 0.4) is 0 Å². The van der Waals surface area contributed by atoms with Crippen LogP contribution in [0.1, 0.15) is 6.42 Å². The van der Waals surface area contributed by atoms with Crippen LogP contribution >= 0.6 is 0 Å². The Bertz CT molecular complexity index is 338. The molecule has 1 aliphatic rings. The number of hydrogen-bond donors (Lipinski definition) is 2. The van der Waals surface area contributed by atoms with Gasteiger partial charge in [0.1, 0.15) is 0 Å². The summed E-state index contributed by atoms with van der Waals surface area (Å²) in [6, 6.07) is 0. The Morgan fingerprint density at radius 2 is 1.79 bits per heavy atom. The SMILES string of the molecule is O.O=C1CC(S(=O)(=O)O)C(=O)N1O.[Na]. The van der Waals surface area contributed by atoms with E-state index >= 15 is 0 Å². The minimum atomic E-state index is -4.59. The van der Waals surface area contributed by atoms with Crippen LogP contribution in [0.4, 0.5) is 0 Å². The largest absolute Gasteiger partial charge is 0.412 e. The van der Waals surface area contributed by atoms with Crippen molar-refractivity contribution >= 4 is 51.5 Å². The molecular formula is C4H7NNaO7S. The van der Waals surface area contributed by atoms with E-state index in [1.165, 1.54) is 0 Å². The maximum Gasteiger partial charge on any atom is 0.277 e. The van der Waals surface area contributed by atoms with Gasteiger partial charge in [-0.05, 0) is 0 Å². The van der Waals surface area contributed by atoms with Crippen molar-refractivity contribution in [2.75, 3.05) is 0 Å². The number of hydrogen-bond acceptors (Lipinski definition) is 5. The van der Waals surface area contributed by atoms with E-state index in [1.54, 1.807) is 0 Å². The van der Waals surface area contributed by atoms with Crippen LogP contribution < -0.4 is 0 Å². The van der Waals surface area contributed by atoms with Gasteiger partial charge in [-0.2, -0.15) is 13.5 Å². The van der Waals surface area contributed by atoms with Crippen LogP contribution in [0.25, 0.3) is 0 Å². The third-order valence-electron chi connectivity index (χ3n) is 1.44. The summed E-state index contributed by atoms with van der Waals surface area (Å²) in [5.74, 6) is -2.36. The van der Waals surface area contributed by atoms with E-state index in [9.17, 15) is 18.0 Å². The Labute approximate surface area is 101 Å². The van der Waals surface area contributed by atoms with Crippen molar-refractivity contribution in [2.24, 2.45) is 0 Å². The number of carbonyl (C=O) groups is 2. The molecule has 1 aliphatic heterocycles. The molecule has 8 nitrogen and oxygen atoms in total. The standard InChI is InChI=1S/C4H5NO6S.Na.H2O/c6-3-1-2(12(9,10)11)4(7)5(3)8;;/h2,8H,1H2,(H,9,10,11);;1H2. The molecule has 0 aromatic rings. The maximum atomic E-state index is 10.7. The van der Waals surface area contributed by atoms with Gasteiger partial charge in [-0.25, -0.2) is 0 Å². The molecule has 1 rings (SSSR count). The smallest absolute Gasteiger partial charge is 0.277 e. The number of carbonyl (C=O) groups excluding carboxylic acids is 2. The fraction of sp³-hybridized carbons (Fsp3) is 0.500. The minimum absolute atomic E-state index is 0. The first kappa shape index (κ1) is 16.4. The molecule has 0 aromatic heterocycles. The van der Waals surface area contributed by atoms with Crippen LogP contribution in [-0.2, 0) is 19.7 Å². The molecule has 0 spiro atoms. The molecule has 1 atom stereocenters. The van der Waals surface area contributed by atoms with Crippen molar-refractivity contribution < 1.29 is 33.2 Å². The molecule has 4 N–H and O–H groups in total. The van der Waals surface area contributed by atoms with Crippen LogP contribution in [0.2, 0.25) is 0 Å². The van der Waals surface area contributed by atoms with Crippen molar-refractivity contribution in [1.82, 2.24) is 5.06 Å². The molecule has 1 fully saturated rings. The predicted molar refractivity (Wildman–Crippen MR) is 43.0 cm³/mol. The van der Waals surface area contributed by atoms with Gasteiger partial charge in [-0.3, -0.25) is 19.3 Å². The summed E-state index contributed by atoms with van der Waals surface area (Å²) < 4.78 is 29.1. The fourth-order valence-corrected chi connectivity index (χ4v) is 1.53. The van der Waals surface area contributed by atoms with Gasteiger partial charge < -0.3 is 5.48 Å². The molecular weight excluding hydrogens is 229 g/mol. The Morgan fingerprint density at radius 3 is 1.93 bits per heavy atom. The van der Waals surface area contributed by atoms with E-state index in [2.05, 4.69) is 0 Å². The van der Waals surface area contributed by atoms with Crippen molar-refractivity contribution in [3.8, 4) is 0 Å². The van der Waals surface area contributed by atoms with E-state index in [0.29, 0.717) is 0 Å². The van der Waals surface area contributed by atoms with E-state index in [-0.39, 0.29) is 40.1 Å². The average molecular weight is 236 g/mol. The number of nitrogens with zero attached hydrogens (tertiary/aromatic N) is 1. The van der Waals surface area contributed by atoms with Gasteiger partial charge in [0.05, 0.1) is 6.42 Å². The molecule has 1 radical (unpaired) electrons.